The molecule has 0 heterocycles. The highest BCUT2D eigenvalue weighted by atomic mass is 32.2. The number of carbonyl (C=O) groups excluding carboxylic acids is 3. The first-order valence-corrected chi connectivity index (χ1v) is 10.9. The molecule has 2 aromatic rings. The summed E-state index contributed by atoms with van der Waals surface area (Å²) in [6.45, 7) is 4.84. The number of hydrogen-bond acceptors (Lipinski definition) is 7. The van der Waals surface area contributed by atoms with Crippen LogP contribution >= 0.6 is 0 Å². The van der Waals surface area contributed by atoms with Crippen molar-refractivity contribution in [2.24, 2.45) is 0 Å². The van der Waals surface area contributed by atoms with E-state index in [4.69, 9.17) is 0 Å². The van der Waals surface area contributed by atoms with Gasteiger partial charge in [0.15, 0.2) is 0 Å². The van der Waals surface area contributed by atoms with Gasteiger partial charge in [-0.1, -0.05) is 0 Å². The summed E-state index contributed by atoms with van der Waals surface area (Å²) >= 11 is 0. The zero-order chi connectivity index (χ0) is 23.2. The molecule has 9 nitrogen and oxygen atoms in total. The fraction of sp³-hybridized carbons (Fsp3) is 0.286. The first kappa shape index (κ1) is 23.9. The third-order valence-electron chi connectivity index (χ3n) is 4.53. The van der Waals surface area contributed by atoms with Crippen LogP contribution in [0, 0.1) is 0 Å². The fourth-order valence-corrected chi connectivity index (χ4v) is 4.13. The number of amides is 1. The first-order valence-electron chi connectivity index (χ1n) is 9.41. The summed E-state index contributed by atoms with van der Waals surface area (Å²) in [7, 11) is -2.00. The van der Waals surface area contributed by atoms with E-state index in [0.29, 0.717) is 18.7 Å². The second kappa shape index (κ2) is 10.1. The number of carbonyl (C=O) groups is 3. The maximum absolute atomic E-state index is 13.0. The van der Waals surface area contributed by atoms with Crippen molar-refractivity contribution in [2.45, 2.75) is 18.7 Å². The Balaban J connectivity index is 2.40. The molecule has 0 aliphatic heterocycles. The molecule has 0 unspecified atom stereocenters. The zero-order valence-corrected chi connectivity index (χ0v) is 18.5. The fourth-order valence-electron chi connectivity index (χ4n) is 2.85. The van der Waals surface area contributed by atoms with E-state index >= 15 is 0 Å². The van der Waals surface area contributed by atoms with E-state index < -0.39 is 26.9 Å². The van der Waals surface area contributed by atoms with E-state index in [-0.39, 0.29) is 22.7 Å². The molecule has 166 valence electrons. The van der Waals surface area contributed by atoms with Crippen molar-refractivity contribution < 1.29 is 32.3 Å². The van der Waals surface area contributed by atoms with Gasteiger partial charge in [-0.15, -0.1) is 0 Å². The van der Waals surface area contributed by atoms with Gasteiger partial charge in [-0.25, -0.2) is 18.0 Å². The molecule has 1 N–H and O–H groups in total. The van der Waals surface area contributed by atoms with Crippen molar-refractivity contribution in [3.05, 3.63) is 59.2 Å². The highest BCUT2D eigenvalue weighted by Crippen LogP contribution is 2.23. The minimum Gasteiger partial charge on any atom is -0.465 e. The summed E-state index contributed by atoms with van der Waals surface area (Å²) in [5, 5.41) is 0. The highest BCUT2D eigenvalue weighted by Gasteiger charge is 2.25. The van der Waals surface area contributed by atoms with Crippen molar-refractivity contribution in [1.29, 1.82) is 0 Å². The van der Waals surface area contributed by atoms with Gasteiger partial charge in [-0.3, -0.25) is 9.52 Å². The Hall–Kier alpha value is -3.40. The molecule has 1 amide bonds. The van der Waals surface area contributed by atoms with Gasteiger partial charge < -0.3 is 14.4 Å². The number of hydrogen-bond donors (Lipinski definition) is 1. The van der Waals surface area contributed by atoms with Crippen LogP contribution < -0.4 is 4.72 Å². The predicted octanol–water partition coefficient (Wildman–Crippen LogP) is 2.54. The number of esters is 2. The molecule has 0 aromatic heterocycles. The molecule has 0 aliphatic rings. The lowest BCUT2D eigenvalue weighted by Crippen LogP contribution is -2.30. The van der Waals surface area contributed by atoms with Gasteiger partial charge in [0.1, 0.15) is 4.90 Å². The van der Waals surface area contributed by atoms with Crippen molar-refractivity contribution in [3.63, 3.8) is 0 Å². The number of nitrogens with one attached hydrogen (secondary N) is 1. The molecule has 0 saturated carbocycles. The van der Waals surface area contributed by atoms with E-state index in [2.05, 4.69) is 14.2 Å². The summed E-state index contributed by atoms with van der Waals surface area (Å²) in [5.41, 5.74) is 0.302. The molecular formula is C21H24N2O7S. The number of anilines is 1. The Kier molecular flexibility index (Phi) is 7.76. The maximum Gasteiger partial charge on any atom is 0.339 e. The Morgan fingerprint density at radius 2 is 1.42 bits per heavy atom. The van der Waals surface area contributed by atoms with Crippen LogP contribution in [-0.4, -0.2) is 58.5 Å². The summed E-state index contributed by atoms with van der Waals surface area (Å²) in [5.74, 6) is -1.80. The van der Waals surface area contributed by atoms with Crippen molar-refractivity contribution in [2.75, 3.05) is 32.0 Å². The van der Waals surface area contributed by atoms with Crippen LogP contribution in [0.25, 0.3) is 0 Å². The molecular weight excluding hydrogens is 424 g/mol. The number of benzene rings is 2. The van der Waals surface area contributed by atoms with Crippen LogP contribution in [-0.2, 0) is 19.5 Å². The lowest BCUT2D eigenvalue weighted by molar-refractivity contribution is 0.0583. The Labute approximate surface area is 181 Å². The van der Waals surface area contributed by atoms with Gasteiger partial charge in [-0.2, -0.15) is 0 Å². The third kappa shape index (κ3) is 5.40. The van der Waals surface area contributed by atoms with E-state index in [1.54, 1.807) is 4.90 Å². The topological polar surface area (TPSA) is 119 Å². The number of methoxy groups -OCH3 is 2. The zero-order valence-electron chi connectivity index (χ0n) is 17.7. The molecule has 0 aliphatic carbocycles. The van der Waals surface area contributed by atoms with Gasteiger partial charge in [0.05, 0.1) is 25.3 Å². The van der Waals surface area contributed by atoms with E-state index in [0.717, 1.165) is 20.3 Å². The molecule has 0 saturated heterocycles. The Morgan fingerprint density at radius 3 is 1.94 bits per heavy atom. The third-order valence-corrected chi connectivity index (χ3v) is 5.95. The SMILES string of the molecule is CCN(CC)C(=O)c1ccc(NS(=O)(=O)c2cc(C(=O)OC)ccc2C(=O)OC)cc1. The molecule has 0 atom stereocenters. The number of nitrogens with zero attached hydrogens (tertiary/aromatic N) is 1. The molecule has 0 fully saturated rings. The minimum atomic E-state index is -4.28. The van der Waals surface area contributed by atoms with Gasteiger partial charge in [0.2, 0.25) is 0 Å². The average Bonchev–Trinajstić information content (AvgIpc) is 2.78. The van der Waals surface area contributed by atoms with E-state index in [1.807, 2.05) is 13.8 Å². The maximum atomic E-state index is 13.0. The standard InChI is InChI=1S/C21H24N2O7S/c1-5-23(6-2)19(24)14-7-10-16(11-8-14)22-31(27,28)18-13-15(20(25)29-3)9-12-17(18)21(26)30-4/h7-13,22H,5-6H2,1-4H3. The van der Waals surface area contributed by atoms with Crippen molar-refractivity contribution in [3.8, 4) is 0 Å². The quantitative estimate of drug-likeness (QED) is 0.616. The first-order chi connectivity index (χ1) is 14.7. The van der Waals surface area contributed by atoms with Crippen LogP contribution in [0.15, 0.2) is 47.4 Å². The van der Waals surface area contributed by atoms with Crippen LogP contribution in [0.2, 0.25) is 0 Å². The monoisotopic (exact) mass is 448 g/mol. The summed E-state index contributed by atoms with van der Waals surface area (Å²) < 4.78 is 37.6. The Bertz CT molecular complexity index is 1080. The van der Waals surface area contributed by atoms with Gasteiger partial charge >= 0.3 is 11.9 Å². The van der Waals surface area contributed by atoms with Crippen LogP contribution in [0.1, 0.15) is 44.9 Å². The van der Waals surface area contributed by atoms with Crippen LogP contribution in [0.4, 0.5) is 5.69 Å². The van der Waals surface area contributed by atoms with Gasteiger partial charge in [0, 0.05) is 24.3 Å². The van der Waals surface area contributed by atoms with Crippen LogP contribution in [0.3, 0.4) is 0 Å². The number of sulfonamides is 1. The Morgan fingerprint density at radius 1 is 0.871 bits per heavy atom. The van der Waals surface area contributed by atoms with E-state index in [1.165, 1.54) is 36.4 Å². The predicted molar refractivity (Wildman–Crippen MR) is 114 cm³/mol. The second-order valence-corrected chi connectivity index (χ2v) is 8.01. The summed E-state index contributed by atoms with van der Waals surface area (Å²) in [6.07, 6.45) is 0. The highest BCUT2D eigenvalue weighted by molar-refractivity contribution is 7.92. The van der Waals surface area contributed by atoms with Crippen molar-refractivity contribution in [1.82, 2.24) is 4.90 Å². The largest absolute Gasteiger partial charge is 0.465 e. The molecule has 31 heavy (non-hydrogen) atoms. The molecule has 2 rings (SSSR count). The van der Waals surface area contributed by atoms with E-state index in [9.17, 15) is 22.8 Å². The molecule has 0 radical (unpaired) electrons. The second-order valence-electron chi connectivity index (χ2n) is 6.35. The van der Waals surface area contributed by atoms with Crippen molar-refractivity contribution >= 4 is 33.6 Å². The lowest BCUT2D eigenvalue weighted by Gasteiger charge is -2.18. The van der Waals surface area contributed by atoms with Crippen LogP contribution in [0.5, 0.6) is 0 Å². The lowest BCUT2D eigenvalue weighted by atomic mass is 10.1. The average molecular weight is 448 g/mol. The smallest absolute Gasteiger partial charge is 0.339 e. The minimum absolute atomic E-state index is 0.0457. The summed E-state index contributed by atoms with van der Waals surface area (Å²) in [4.78, 5) is 37.5. The molecule has 0 bridgehead atoms. The number of ether oxygens (including phenoxy) is 2. The molecule has 2 aromatic carbocycles. The molecule has 10 heteroatoms. The van der Waals surface area contributed by atoms with Gasteiger partial charge in [-0.05, 0) is 56.3 Å². The normalized spacial score (nSPS) is 10.8. The number of rotatable bonds is 8. The molecule has 0 spiro atoms. The summed E-state index contributed by atoms with van der Waals surface area (Å²) in [6, 6.07) is 9.38. The van der Waals surface area contributed by atoms with Gasteiger partial charge in [0.25, 0.3) is 15.9 Å².